The van der Waals surface area contributed by atoms with E-state index in [4.69, 9.17) is 0 Å². The van der Waals surface area contributed by atoms with Gasteiger partial charge in [0.25, 0.3) is 0 Å². The van der Waals surface area contributed by atoms with Crippen molar-refractivity contribution in [1.29, 1.82) is 0 Å². The quantitative estimate of drug-likeness (QED) is 0.893. The van der Waals surface area contributed by atoms with E-state index in [0.29, 0.717) is 6.42 Å². The van der Waals surface area contributed by atoms with Crippen LogP contribution in [0.3, 0.4) is 0 Å². The molecule has 19 heavy (non-hydrogen) atoms. The number of rotatable bonds is 5. The van der Waals surface area contributed by atoms with E-state index in [1.54, 1.807) is 6.20 Å². The Morgan fingerprint density at radius 2 is 2.00 bits per heavy atom. The summed E-state index contributed by atoms with van der Waals surface area (Å²) in [5, 5.41) is 3.32. The molecule has 0 unspecified atom stereocenters. The van der Waals surface area contributed by atoms with Crippen LogP contribution in [-0.4, -0.2) is 21.5 Å². The molecule has 4 heteroatoms. The Balaban J connectivity index is 2.31. The van der Waals surface area contributed by atoms with Crippen molar-refractivity contribution >= 4 is 5.82 Å². The van der Waals surface area contributed by atoms with E-state index < -0.39 is 0 Å². The van der Waals surface area contributed by atoms with Gasteiger partial charge in [-0.3, -0.25) is 4.98 Å². The van der Waals surface area contributed by atoms with Gasteiger partial charge in [0.2, 0.25) is 0 Å². The van der Waals surface area contributed by atoms with Gasteiger partial charge >= 0.3 is 0 Å². The summed E-state index contributed by atoms with van der Waals surface area (Å²) in [5.41, 5.74) is 3.25. The molecule has 2 rings (SSSR count). The normalized spacial score (nSPS) is 10.5. The third-order valence-corrected chi connectivity index (χ3v) is 3.02. The van der Waals surface area contributed by atoms with Gasteiger partial charge in [0.1, 0.15) is 11.6 Å². The molecule has 0 saturated carbocycles. The molecule has 0 bridgehead atoms. The molecule has 1 N–H and O–H groups in total. The Bertz CT molecular complexity index is 537. The minimum Gasteiger partial charge on any atom is -0.370 e. The molecule has 0 amide bonds. The fourth-order valence-corrected chi connectivity index (χ4v) is 2.13. The Morgan fingerprint density at radius 3 is 2.63 bits per heavy atom. The topological polar surface area (TPSA) is 50.7 Å². The fourth-order valence-electron chi connectivity index (χ4n) is 2.13. The van der Waals surface area contributed by atoms with E-state index in [2.05, 4.69) is 34.1 Å². The Kier molecular flexibility index (Phi) is 4.44. The number of hydrogen-bond acceptors (Lipinski definition) is 4. The molecule has 0 aliphatic heterocycles. The first-order chi connectivity index (χ1) is 9.24. The molecule has 0 aliphatic carbocycles. The molecule has 2 heterocycles. The van der Waals surface area contributed by atoms with Crippen molar-refractivity contribution in [2.24, 2.45) is 0 Å². The van der Waals surface area contributed by atoms with Gasteiger partial charge in [-0.05, 0) is 32.4 Å². The second-order valence-electron chi connectivity index (χ2n) is 4.43. The second kappa shape index (κ2) is 6.27. The van der Waals surface area contributed by atoms with Crippen LogP contribution in [0, 0.1) is 6.92 Å². The average molecular weight is 256 g/mol. The lowest BCUT2D eigenvalue weighted by atomic mass is 10.1. The number of anilines is 1. The minimum absolute atomic E-state index is 0.671. The van der Waals surface area contributed by atoms with Crippen molar-refractivity contribution < 1.29 is 0 Å². The summed E-state index contributed by atoms with van der Waals surface area (Å²) in [7, 11) is 0. The van der Waals surface area contributed by atoms with E-state index in [9.17, 15) is 0 Å². The monoisotopic (exact) mass is 256 g/mol. The van der Waals surface area contributed by atoms with Gasteiger partial charge in [-0.2, -0.15) is 0 Å². The van der Waals surface area contributed by atoms with E-state index in [1.165, 1.54) is 5.56 Å². The van der Waals surface area contributed by atoms with Gasteiger partial charge in [-0.25, -0.2) is 9.97 Å². The molecule has 0 spiro atoms. The first kappa shape index (κ1) is 13.5. The Hall–Kier alpha value is -1.97. The van der Waals surface area contributed by atoms with Crippen LogP contribution in [0.25, 0.3) is 0 Å². The van der Waals surface area contributed by atoms with Crippen LogP contribution in [0.2, 0.25) is 0 Å². The van der Waals surface area contributed by atoms with E-state index in [1.807, 2.05) is 25.1 Å². The molecule has 100 valence electrons. The first-order valence-corrected chi connectivity index (χ1v) is 6.74. The average Bonchev–Trinajstić information content (AvgIpc) is 2.40. The molecule has 0 aliphatic rings. The van der Waals surface area contributed by atoms with Crippen LogP contribution in [-0.2, 0) is 12.8 Å². The maximum atomic E-state index is 4.63. The van der Waals surface area contributed by atoms with Crippen LogP contribution in [0.4, 0.5) is 5.82 Å². The zero-order chi connectivity index (χ0) is 13.7. The molecule has 0 fully saturated rings. The molecular formula is C15H20N4. The van der Waals surface area contributed by atoms with E-state index in [0.717, 1.165) is 36.0 Å². The predicted octanol–water partition coefficient (Wildman–Crippen LogP) is 2.77. The highest BCUT2D eigenvalue weighted by molar-refractivity contribution is 5.46. The summed E-state index contributed by atoms with van der Waals surface area (Å²) < 4.78 is 0. The molecule has 0 radical (unpaired) electrons. The van der Waals surface area contributed by atoms with Crippen molar-refractivity contribution in [3.63, 3.8) is 0 Å². The molecule has 0 saturated heterocycles. The summed E-state index contributed by atoms with van der Waals surface area (Å²) in [5.74, 6) is 1.78. The molecule has 0 aromatic carbocycles. The zero-order valence-electron chi connectivity index (χ0n) is 11.8. The van der Waals surface area contributed by atoms with Gasteiger partial charge in [0.05, 0.1) is 6.42 Å². The summed E-state index contributed by atoms with van der Waals surface area (Å²) in [6, 6.07) is 5.90. The van der Waals surface area contributed by atoms with E-state index >= 15 is 0 Å². The molecule has 2 aromatic rings. The first-order valence-electron chi connectivity index (χ1n) is 6.74. The minimum atomic E-state index is 0.671. The number of pyridine rings is 1. The lowest BCUT2D eigenvalue weighted by Crippen LogP contribution is -2.10. The van der Waals surface area contributed by atoms with Crippen LogP contribution in [0.1, 0.15) is 36.6 Å². The lowest BCUT2D eigenvalue weighted by molar-refractivity contribution is 0.886. The van der Waals surface area contributed by atoms with Crippen molar-refractivity contribution in [2.45, 2.75) is 33.6 Å². The molecular weight excluding hydrogens is 236 g/mol. The van der Waals surface area contributed by atoms with Crippen molar-refractivity contribution in [2.75, 3.05) is 11.9 Å². The second-order valence-corrected chi connectivity index (χ2v) is 4.43. The maximum absolute atomic E-state index is 4.63. The van der Waals surface area contributed by atoms with Crippen molar-refractivity contribution in [1.82, 2.24) is 15.0 Å². The number of nitrogens with one attached hydrogen (secondary N) is 1. The summed E-state index contributed by atoms with van der Waals surface area (Å²) >= 11 is 0. The number of aromatic nitrogens is 3. The Labute approximate surface area is 114 Å². The van der Waals surface area contributed by atoms with Gasteiger partial charge in [-0.1, -0.05) is 13.0 Å². The molecule has 2 aromatic heterocycles. The van der Waals surface area contributed by atoms with Gasteiger partial charge in [-0.15, -0.1) is 0 Å². The van der Waals surface area contributed by atoms with Crippen LogP contribution < -0.4 is 5.32 Å². The van der Waals surface area contributed by atoms with Gasteiger partial charge in [0.15, 0.2) is 0 Å². The van der Waals surface area contributed by atoms with Crippen LogP contribution >= 0.6 is 0 Å². The third kappa shape index (κ3) is 3.28. The van der Waals surface area contributed by atoms with Crippen LogP contribution in [0.5, 0.6) is 0 Å². The standard InChI is InChI=1S/C15H20N4/c1-4-13-11(3)18-14(19-15(13)16-5-2)10-12-8-6-7-9-17-12/h6-9H,4-5,10H2,1-3H3,(H,16,18,19). The number of hydrogen-bond donors (Lipinski definition) is 1. The largest absolute Gasteiger partial charge is 0.370 e. The zero-order valence-corrected chi connectivity index (χ0v) is 11.8. The highest BCUT2D eigenvalue weighted by Gasteiger charge is 2.10. The number of nitrogens with zero attached hydrogens (tertiary/aromatic N) is 3. The predicted molar refractivity (Wildman–Crippen MR) is 77.4 cm³/mol. The fraction of sp³-hybridized carbons (Fsp3) is 0.400. The van der Waals surface area contributed by atoms with Crippen molar-refractivity contribution in [3.05, 3.63) is 47.2 Å². The smallest absolute Gasteiger partial charge is 0.136 e. The summed E-state index contributed by atoms with van der Waals surface area (Å²) in [6.07, 6.45) is 3.41. The van der Waals surface area contributed by atoms with E-state index in [-0.39, 0.29) is 0 Å². The molecule has 0 atom stereocenters. The highest BCUT2D eigenvalue weighted by atomic mass is 15.0. The summed E-state index contributed by atoms with van der Waals surface area (Å²) in [4.78, 5) is 13.5. The van der Waals surface area contributed by atoms with Crippen molar-refractivity contribution in [3.8, 4) is 0 Å². The number of aryl methyl sites for hydroxylation is 1. The SMILES string of the molecule is CCNc1nc(Cc2ccccn2)nc(C)c1CC. The molecule has 4 nitrogen and oxygen atoms in total. The van der Waals surface area contributed by atoms with Gasteiger partial charge < -0.3 is 5.32 Å². The van der Waals surface area contributed by atoms with Gasteiger partial charge in [0, 0.05) is 29.7 Å². The third-order valence-electron chi connectivity index (χ3n) is 3.02. The van der Waals surface area contributed by atoms with Crippen LogP contribution in [0.15, 0.2) is 24.4 Å². The maximum Gasteiger partial charge on any atom is 0.136 e. The highest BCUT2D eigenvalue weighted by Crippen LogP contribution is 2.17. The lowest BCUT2D eigenvalue weighted by Gasteiger charge is -2.12. The Morgan fingerprint density at radius 1 is 1.16 bits per heavy atom. The summed E-state index contributed by atoms with van der Waals surface area (Å²) in [6.45, 7) is 7.12.